The summed E-state index contributed by atoms with van der Waals surface area (Å²) in [4.78, 5) is 9.42. The van der Waals surface area contributed by atoms with Gasteiger partial charge in [0.05, 0.1) is 11.0 Å². The first-order chi connectivity index (χ1) is 15.4. The molecular weight excluding hydrogens is 418 g/mol. The van der Waals surface area contributed by atoms with Crippen LogP contribution in [-0.2, 0) is 0 Å². The normalized spacial score (nSPS) is 12.5. The van der Waals surface area contributed by atoms with Gasteiger partial charge in [-0.25, -0.2) is 4.98 Å². The minimum absolute atomic E-state index is 0.963. The van der Waals surface area contributed by atoms with E-state index in [1.165, 1.54) is 51.2 Å². The summed E-state index contributed by atoms with van der Waals surface area (Å²) in [5, 5.41) is 7.57. The van der Waals surface area contributed by atoms with Gasteiger partial charge < -0.3 is 0 Å². The van der Waals surface area contributed by atoms with Gasteiger partial charge in [-0.3, -0.25) is 9.38 Å². The van der Waals surface area contributed by atoms with Gasteiger partial charge in [0, 0.05) is 69.7 Å². The van der Waals surface area contributed by atoms with E-state index in [2.05, 4.69) is 70.2 Å². The number of hydrogen-bond acceptors (Lipinski definition) is 4. The number of fused-ring (bicyclic) bond motifs is 13. The van der Waals surface area contributed by atoms with E-state index in [4.69, 9.17) is 4.98 Å². The minimum Gasteiger partial charge on any atom is -0.298 e. The lowest BCUT2D eigenvalue weighted by Gasteiger charge is -2.09. The summed E-state index contributed by atoms with van der Waals surface area (Å²) in [6, 6.07) is 22.0. The van der Waals surface area contributed by atoms with Crippen molar-refractivity contribution in [1.29, 1.82) is 0 Å². The lowest BCUT2D eigenvalue weighted by molar-refractivity contribution is 1.27. The summed E-state index contributed by atoms with van der Waals surface area (Å²) in [5.74, 6) is 0. The highest BCUT2D eigenvalue weighted by Gasteiger charge is 2.17. The molecule has 0 saturated carbocycles. The SMILES string of the molecule is c1ccc2c(c1)sc1cc3c(cc12)sc1ccc2c4ncccc4c4nccn4c2c13. The Labute approximate surface area is 183 Å². The van der Waals surface area contributed by atoms with Crippen molar-refractivity contribution in [2.75, 3.05) is 0 Å². The van der Waals surface area contributed by atoms with E-state index in [1.54, 1.807) is 0 Å². The second kappa shape index (κ2) is 5.58. The number of thiophene rings is 2. The summed E-state index contributed by atoms with van der Waals surface area (Å²) >= 11 is 3.75. The van der Waals surface area contributed by atoms with Gasteiger partial charge in [-0.2, -0.15) is 0 Å². The molecule has 0 N–H and O–H groups in total. The molecule has 8 aromatic rings. The van der Waals surface area contributed by atoms with Crippen molar-refractivity contribution < 1.29 is 0 Å². The molecule has 144 valence electrons. The highest BCUT2D eigenvalue weighted by Crippen LogP contribution is 2.44. The maximum absolute atomic E-state index is 4.74. The highest BCUT2D eigenvalue weighted by molar-refractivity contribution is 7.27. The summed E-state index contributed by atoms with van der Waals surface area (Å²) in [5.41, 5.74) is 3.17. The number of rotatable bonds is 0. The maximum atomic E-state index is 4.74. The van der Waals surface area contributed by atoms with E-state index in [9.17, 15) is 0 Å². The largest absolute Gasteiger partial charge is 0.298 e. The quantitative estimate of drug-likeness (QED) is 0.230. The van der Waals surface area contributed by atoms with Crippen LogP contribution >= 0.6 is 22.7 Å². The Morgan fingerprint density at radius 1 is 0.613 bits per heavy atom. The van der Waals surface area contributed by atoms with E-state index >= 15 is 0 Å². The topological polar surface area (TPSA) is 30.2 Å². The van der Waals surface area contributed by atoms with Gasteiger partial charge in [-0.1, -0.05) is 18.2 Å². The van der Waals surface area contributed by atoms with Crippen molar-refractivity contribution in [3.8, 4) is 0 Å². The molecule has 0 radical (unpaired) electrons. The molecule has 8 rings (SSSR count). The van der Waals surface area contributed by atoms with Crippen LogP contribution in [0.3, 0.4) is 0 Å². The Bertz CT molecular complexity index is 2010. The lowest BCUT2D eigenvalue weighted by Crippen LogP contribution is -1.92. The third kappa shape index (κ3) is 1.98. The molecule has 0 fully saturated rings. The van der Waals surface area contributed by atoms with E-state index in [0.717, 1.165) is 16.6 Å². The molecule has 5 heteroatoms. The van der Waals surface area contributed by atoms with Crippen LogP contribution in [-0.4, -0.2) is 14.4 Å². The number of benzene rings is 3. The molecule has 0 aliphatic rings. The Balaban J connectivity index is 1.66. The van der Waals surface area contributed by atoms with Crippen molar-refractivity contribution in [1.82, 2.24) is 14.4 Å². The first-order valence-corrected chi connectivity index (χ1v) is 11.8. The van der Waals surface area contributed by atoms with Gasteiger partial charge in [0.2, 0.25) is 0 Å². The smallest absolute Gasteiger partial charge is 0.146 e. The Morgan fingerprint density at radius 3 is 2.45 bits per heavy atom. The fourth-order valence-electron chi connectivity index (χ4n) is 4.99. The summed E-state index contributed by atoms with van der Waals surface area (Å²) < 4.78 is 7.55. The first-order valence-electron chi connectivity index (χ1n) is 10.2. The summed E-state index contributed by atoms with van der Waals surface area (Å²) in [6.45, 7) is 0. The predicted molar refractivity (Wildman–Crippen MR) is 134 cm³/mol. The third-order valence-electron chi connectivity index (χ3n) is 6.29. The molecule has 0 aliphatic heterocycles. The molecule has 5 aromatic heterocycles. The van der Waals surface area contributed by atoms with Crippen molar-refractivity contribution in [2.45, 2.75) is 0 Å². The standard InChI is InChI=1S/C26H13N3S2/c1-2-6-19-14(4-1)17-12-22-18(13-21(17)30-19)23-20(31-22)8-7-15-24-16(5-3-9-27-24)26-28-10-11-29(26)25(15)23/h1-13H. The van der Waals surface area contributed by atoms with Gasteiger partial charge in [-0.05, 0) is 42.5 Å². The van der Waals surface area contributed by atoms with Crippen LogP contribution in [0.25, 0.3) is 67.8 Å². The fourth-order valence-corrected chi connectivity index (χ4v) is 7.25. The molecule has 0 saturated heterocycles. The van der Waals surface area contributed by atoms with E-state index in [0.29, 0.717) is 0 Å². The van der Waals surface area contributed by atoms with Crippen LogP contribution < -0.4 is 0 Å². The van der Waals surface area contributed by atoms with Crippen LogP contribution in [0, 0.1) is 0 Å². The van der Waals surface area contributed by atoms with E-state index in [-0.39, 0.29) is 0 Å². The third-order valence-corrected chi connectivity index (χ3v) is 8.54. The van der Waals surface area contributed by atoms with Crippen molar-refractivity contribution in [3.05, 3.63) is 79.3 Å². The van der Waals surface area contributed by atoms with E-state index in [1.807, 2.05) is 41.1 Å². The van der Waals surface area contributed by atoms with Crippen LogP contribution in [0.4, 0.5) is 0 Å². The number of hydrogen-bond donors (Lipinski definition) is 0. The number of nitrogens with zero attached hydrogens (tertiary/aromatic N) is 3. The van der Waals surface area contributed by atoms with Gasteiger partial charge in [0.25, 0.3) is 0 Å². The summed E-state index contributed by atoms with van der Waals surface area (Å²) in [6.07, 6.45) is 5.84. The average Bonchev–Trinajstić information content (AvgIpc) is 3.52. The Hall–Kier alpha value is -3.54. The molecule has 0 atom stereocenters. The number of imidazole rings is 1. The average molecular weight is 432 g/mol. The molecule has 0 bridgehead atoms. The van der Waals surface area contributed by atoms with Gasteiger partial charge in [0.1, 0.15) is 5.65 Å². The number of aromatic nitrogens is 3. The Morgan fingerprint density at radius 2 is 1.45 bits per heavy atom. The van der Waals surface area contributed by atoms with Crippen LogP contribution in [0.1, 0.15) is 0 Å². The van der Waals surface area contributed by atoms with Gasteiger partial charge >= 0.3 is 0 Å². The van der Waals surface area contributed by atoms with Crippen LogP contribution in [0.15, 0.2) is 79.3 Å². The molecular formula is C26H13N3S2. The molecule has 5 heterocycles. The zero-order chi connectivity index (χ0) is 20.1. The monoisotopic (exact) mass is 431 g/mol. The first kappa shape index (κ1) is 16.2. The predicted octanol–water partition coefficient (Wildman–Crippen LogP) is 7.77. The zero-order valence-corrected chi connectivity index (χ0v) is 17.8. The fraction of sp³-hybridized carbons (Fsp3) is 0. The van der Waals surface area contributed by atoms with Crippen molar-refractivity contribution >= 4 is 90.5 Å². The second-order valence-corrected chi connectivity index (χ2v) is 10.1. The minimum atomic E-state index is 0.963. The molecule has 0 amide bonds. The van der Waals surface area contributed by atoms with E-state index < -0.39 is 0 Å². The summed E-state index contributed by atoms with van der Waals surface area (Å²) in [7, 11) is 0. The van der Waals surface area contributed by atoms with Gasteiger partial charge in [0.15, 0.2) is 0 Å². The lowest BCUT2D eigenvalue weighted by atomic mass is 10.0. The van der Waals surface area contributed by atoms with Crippen molar-refractivity contribution in [2.24, 2.45) is 0 Å². The highest BCUT2D eigenvalue weighted by atomic mass is 32.1. The molecule has 0 spiro atoms. The maximum Gasteiger partial charge on any atom is 0.146 e. The Kier molecular flexibility index (Phi) is 2.91. The molecule has 0 aliphatic carbocycles. The zero-order valence-electron chi connectivity index (χ0n) is 16.2. The molecule has 31 heavy (non-hydrogen) atoms. The van der Waals surface area contributed by atoms with Crippen LogP contribution in [0.5, 0.6) is 0 Å². The second-order valence-electron chi connectivity index (χ2n) is 7.90. The van der Waals surface area contributed by atoms with Gasteiger partial charge in [-0.15, -0.1) is 22.7 Å². The van der Waals surface area contributed by atoms with Crippen LogP contribution in [0.2, 0.25) is 0 Å². The molecule has 0 unspecified atom stereocenters. The molecule has 3 nitrogen and oxygen atoms in total. The molecule has 3 aromatic carbocycles. The van der Waals surface area contributed by atoms with Crippen molar-refractivity contribution in [3.63, 3.8) is 0 Å². The number of pyridine rings is 2.